The molecule has 1 amide bonds. The van der Waals surface area contributed by atoms with Gasteiger partial charge in [-0.25, -0.2) is 0 Å². The Morgan fingerprint density at radius 2 is 1.90 bits per heavy atom. The number of aliphatic hydroxyl groups is 1. The van der Waals surface area contributed by atoms with Crippen LogP contribution < -0.4 is 4.74 Å². The molecule has 2 aromatic carbocycles. The minimum atomic E-state index is -0.807. The Labute approximate surface area is 179 Å². The number of hydrogen-bond donors (Lipinski definition) is 1. The second-order valence-electron chi connectivity index (χ2n) is 7.88. The number of nitrogens with zero attached hydrogens (tertiary/aromatic N) is 1. The molecule has 0 spiro atoms. The molecule has 5 rings (SSSR count). The number of amides is 1. The molecule has 0 bridgehead atoms. The van der Waals surface area contributed by atoms with E-state index in [-0.39, 0.29) is 24.0 Å². The predicted octanol–water partition coefficient (Wildman–Crippen LogP) is 4.22. The standard InChI is InChI=1S/C25H21NO5/c1-15-12-18-13-17(9-10-19(18)31-15)23(27)21-22(20-8-5-11-30-20)26(25(29)24(21)28)14-16-6-3-2-4-7-16/h2-11,13,15,22,27H,12,14H2,1H3/b23-21+. The lowest BCUT2D eigenvalue weighted by atomic mass is 9.97. The molecule has 6 heteroatoms. The zero-order valence-corrected chi connectivity index (χ0v) is 16.9. The van der Waals surface area contributed by atoms with E-state index in [4.69, 9.17) is 9.15 Å². The number of carbonyl (C=O) groups is 2. The summed E-state index contributed by atoms with van der Waals surface area (Å²) in [6, 6.07) is 17.3. The first kappa shape index (κ1) is 19.2. The molecule has 0 aliphatic carbocycles. The molecule has 1 aromatic heterocycles. The summed E-state index contributed by atoms with van der Waals surface area (Å²) in [5, 5.41) is 11.2. The van der Waals surface area contributed by atoms with E-state index in [9.17, 15) is 14.7 Å². The van der Waals surface area contributed by atoms with E-state index < -0.39 is 17.7 Å². The number of rotatable bonds is 4. The third-order valence-electron chi connectivity index (χ3n) is 5.72. The van der Waals surface area contributed by atoms with Crippen molar-refractivity contribution in [2.75, 3.05) is 0 Å². The minimum absolute atomic E-state index is 0.0304. The molecule has 6 nitrogen and oxygen atoms in total. The van der Waals surface area contributed by atoms with Crippen LogP contribution in [0.1, 0.15) is 35.4 Å². The number of hydrogen-bond acceptors (Lipinski definition) is 5. The van der Waals surface area contributed by atoms with Gasteiger partial charge < -0.3 is 19.2 Å². The molecule has 2 unspecified atom stereocenters. The molecule has 2 aliphatic heterocycles. The first-order valence-corrected chi connectivity index (χ1v) is 10.2. The Morgan fingerprint density at radius 1 is 1.10 bits per heavy atom. The van der Waals surface area contributed by atoms with Crippen LogP contribution in [0, 0.1) is 0 Å². The fourth-order valence-corrected chi connectivity index (χ4v) is 4.29. The monoisotopic (exact) mass is 415 g/mol. The summed E-state index contributed by atoms with van der Waals surface area (Å²) < 4.78 is 11.3. The zero-order chi connectivity index (χ0) is 21.5. The molecule has 31 heavy (non-hydrogen) atoms. The lowest BCUT2D eigenvalue weighted by Gasteiger charge is -2.23. The molecule has 2 atom stereocenters. The molecule has 0 radical (unpaired) electrons. The van der Waals surface area contributed by atoms with Gasteiger partial charge in [-0.2, -0.15) is 0 Å². The van der Waals surface area contributed by atoms with Gasteiger partial charge in [0, 0.05) is 18.5 Å². The van der Waals surface area contributed by atoms with Crippen LogP contribution in [-0.4, -0.2) is 27.8 Å². The van der Waals surface area contributed by atoms with Crippen LogP contribution in [0.4, 0.5) is 0 Å². The van der Waals surface area contributed by atoms with Gasteiger partial charge in [0.1, 0.15) is 29.4 Å². The quantitative estimate of drug-likeness (QED) is 0.392. The summed E-state index contributed by atoms with van der Waals surface area (Å²) in [5.41, 5.74) is 2.35. The normalized spacial score (nSPS) is 21.9. The van der Waals surface area contributed by atoms with Crippen molar-refractivity contribution < 1.29 is 23.8 Å². The first-order chi connectivity index (χ1) is 15.0. The Bertz CT molecular complexity index is 1180. The van der Waals surface area contributed by atoms with E-state index >= 15 is 0 Å². The number of aliphatic hydroxyl groups excluding tert-OH is 1. The lowest BCUT2D eigenvalue weighted by Crippen LogP contribution is -2.29. The maximum Gasteiger partial charge on any atom is 0.296 e. The highest BCUT2D eigenvalue weighted by Gasteiger charge is 2.47. The van der Waals surface area contributed by atoms with E-state index in [1.807, 2.05) is 43.3 Å². The van der Waals surface area contributed by atoms with E-state index in [0.717, 1.165) is 23.3 Å². The molecular weight excluding hydrogens is 394 g/mol. The van der Waals surface area contributed by atoms with E-state index in [1.165, 1.54) is 11.2 Å². The van der Waals surface area contributed by atoms with E-state index in [2.05, 4.69) is 0 Å². The van der Waals surface area contributed by atoms with Crippen LogP contribution in [0.25, 0.3) is 5.76 Å². The van der Waals surface area contributed by atoms with Crippen molar-refractivity contribution in [1.82, 2.24) is 4.90 Å². The number of likely N-dealkylation sites (tertiary alicyclic amines) is 1. The zero-order valence-electron chi connectivity index (χ0n) is 16.9. The molecule has 2 aliphatic rings. The maximum atomic E-state index is 13.0. The van der Waals surface area contributed by atoms with Crippen LogP contribution in [0.3, 0.4) is 0 Å². The summed E-state index contributed by atoms with van der Waals surface area (Å²) in [7, 11) is 0. The van der Waals surface area contributed by atoms with Gasteiger partial charge in [-0.1, -0.05) is 30.3 Å². The van der Waals surface area contributed by atoms with Crippen molar-refractivity contribution in [3.63, 3.8) is 0 Å². The van der Waals surface area contributed by atoms with Gasteiger partial charge in [-0.15, -0.1) is 0 Å². The van der Waals surface area contributed by atoms with Crippen molar-refractivity contribution in [1.29, 1.82) is 0 Å². The van der Waals surface area contributed by atoms with Gasteiger partial charge in [0.05, 0.1) is 11.8 Å². The Hall–Kier alpha value is -3.80. The van der Waals surface area contributed by atoms with E-state index in [1.54, 1.807) is 24.3 Å². The van der Waals surface area contributed by atoms with Crippen LogP contribution in [-0.2, 0) is 22.6 Å². The second-order valence-corrected chi connectivity index (χ2v) is 7.88. The summed E-state index contributed by atoms with van der Waals surface area (Å²) >= 11 is 0. The average Bonchev–Trinajstić information content (AvgIpc) is 3.48. The number of benzene rings is 2. The van der Waals surface area contributed by atoms with Crippen LogP contribution in [0.15, 0.2) is 76.9 Å². The predicted molar refractivity (Wildman–Crippen MR) is 113 cm³/mol. The average molecular weight is 415 g/mol. The number of Topliss-reactive ketones (excluding diaryl/α,β-unsaturated/α-hetero) is 1. The molecule has 0 saturated carbocycles. The van der Waals surface area contributed by atoms with Gasteiger partial charge in [0.15, 0.2) is 0 Å². The third-order valence-corrected chi connectivity index (χ3v) is 5.72. The summed E-state index contributed by atoms with van der Waals surface area (Å²) in [6.07, 6.45) is 2.28. The number of ether oxygens (including phenoxy) is 1. The van der Waals surface area contributed by atoms with Gasteiger partial charge in [-0.05, 0) is 48.4 Å². The number of furan rings is 1. The molecule has 3 heterocycles. The van der Waals surface area contributed by atoms with Crippen LogP contribution in [0.5, 0.6) is 5.75 Å². The largest absolute Gasteiger partial charge is 0.507 e. The SMILES string of the molecule is CC1Cc2cc(/C(O)=C3\C(=O)C(=O)N(Cc4ccccc4)C3c3ccco3)ccc2O1. The topological polar surface area (TPSA) is 80.0 Å². The molecule has 1 fully saturated rings. The van der Waals surface area contributed by atoms with Gasteiger partial charge in [0.25, 0.3) is 11.7 Å². The number of fused-ring (bicyclic) bond motifs is 1. The Balaban J connectivity index is 1.60. The summed E-state index contributed by atoms with van der Waals surface area (Å²) in [5.74, 6) is -0.395. The van der Waals surface area contributed by atoms with E-state index in [0.29, 0.717) is 11.3 Å². The van der Waals surface area contributed by atoms with Crippen molar-refractivity contribution >= 4 is 17.4 Å². The highest BCUT2D eigenvalue weighted by molar-refractivity contribution is 6.46. The second kappa shape index (κ2) is 7.47. The van der Waals surface area contributed by atoms with Crippen molar-refractivity contribution in [2.45, 2.75) is 32.0 Å². The molecule has 1 saturated heterocycles. The molecule has 156 valence electrons. The Morgan fingerprint density at radius 3 is 2.65 bits per heavy atom. The maximum absolute atomic E-state index is 13.0. The van der Waals surface area contributed by atoms with Crippen LogP contribution >= 0.6 is 0 Å². The van der Waals surface area contributed by atoms with Gasteiger partial charge in [-0.3, -0.25) is 9.59 Å². The van der Waals surface area contributed by atoms with Crippen molar-refractivity contribution in [2.24, 2.45) is 0 Å². The first-order valence-electron chi connectivity index (χ1n) is 10.2. The minimum Gasteiger partial charge on any atom is -0.507 e. The fraction of sp³-hybridized carbons (Fsp3) is 0.200. The molecular formula is C25H21NO5. The smallest absolute Gasteiger partial charge is 0.296 e. The highest BCUT2D eigenvalue weighted by Crippen LogP contribution is 2.41. The van der Waals surface area contributed by atoms with Crippen molar-refractivity contribution in [3.05, 3.63) is 95.0 Å². The molecule has 3 aromatic rings. The Kier molecular flexibility index (Phi) is 4.62. The number of carbonyl (C=O) groups excluding carboxylic acids is 2. The number of ketones is 1. The highest BCUT2D eigenvalue weighted by atomic mass is 16.5. The van der Waals surface area contributed by atoms with Gasteiger partial charge >= 0.3 is 0 Å². The summed E-state index contributed by atoms with van der Waals surface area (Å²) in [6.45, 7) is 2.20. The fourth-order valence-electron chi connectivity index (χ4n) is 4.29. The van der Waals surface area contributed by atoms with Gasteiger partial charge in [0.2, 0.25) is 0 Å². The van der Waals surface area contributed by atoms with Crippen LogP contribution in [0.2, 0.25) is 0 Å². The third kappa shape index (κ3) is 3.30. The van der Waals surface area contributed by atoms with Crippen molar-refractivity contribution in [3.8, 4) is 5.75 Å². The summed E-state index contributed by atoms with van der Waals surface area (Å²) in [4.78, 5) is 27.4. The molecule has 1 N–H and O–H groups in total. The lowest BCUT2D eigenvalue weighted by molar-refractivity contribution is -0.140.